The van der Waals surface area contributed by atoms with Gasteiger partial charge in [0.25, 0.3) is 0 Å². The number of hydrogen-bond acceptors (Lipinski definition) is 3. The molecule has 0 aromatic heterocycles. The van der Waals surface area contributed by atoms with Crippen LogP contribution in [0.4, 0.5) is 5.69 Å². The minimum Gasteiger partial charge on any atom is -0.398 e. The van der Waals surface area contributed by atoms with Crippen LogP contribution >= 0.6 is 15.9 Å². The largest absolute Gasteiger partial charge is 0.398 e. The number of allylic oxidation sites excluding steroid dienone is 1. The van der Waals surface area contributed by atoms with Gasteiger partial charge in [0.1, 0.15) is 0 Å². The smallest absolute Gasteiger partial charge is 0.240 e. The van der Waals surface area contributed by atoms with Gasteiger partial charge in [-0.15, -0.1) is 0 Å². The summed E-state index contributed by atoms with van der Waals surface area (Å²) in [4.78, 5) is 0.206. The van der Waals surface area contributed by atoms with E-state index >= 15 is 0 Å². The van der Waals surface area contributed by atoms with E-state index in [1.54, 1.807) is 12.1 Å². The van der Waals surface area contributed by atoms with E-state index < -0.39 is 10.0 Å². The maximum Gasteiger partial charge on any atom is 0.240 e. The molecule has 3 N–H and O–H groups in total. The van der Waals surface area contributed by atoms with Crippen molar-refractivity contribution in [2.75, 3.05) is 5.73 Å². The average Bonchev–Trinajstić information content (AvgIpc) is 2.33. The maximum absolute atomic E-state index is 12.2. The van der Waals surface area contributed by atoms with E-state index in [4.69, 9.17) is 5.73 Å². The van der Waals surface area contributed by atoms with Crippen molar-refractivity contribution in [3.8, 4) is 0 Å². The lowest BCUT2D eigenvalue weighted by Gasteiger charge is -2.19. The standard InChI is InChI=1S/C12H15BrN2O2S/c13-11-7-6-10(8-12(11)14)18(16,17)15-9-4-2-1-3-5-9/h1-2,6-9,15H,3-5,14H2. The molecule has 1 unspecified atom stereocenters. The van der Waals surface area contributed by atoms with Gasteiger partial charge in [-0.3, -0.25) is 0 Å². The molecule has 0 radical (unpaired) electrons. The van der Waals surface area contributed by atoms with Crippen LogP contribution in [-0.2, 0) is 10.0 Å². The van der Waals surface area contributed by atoms with Crippen LogP contribution in [0.15, 0.2) is 39.7 Å². The fraction of sp³-hybridized carbons (Fsp3) is 0.333. The molecule has 0 fully saturated rings. The van der Waals surface area contributed by atoms with E-state index in [0.717, 1.165) is 19.3 Å². The predicted octanol–water partition coefficient (Wildman–Crippen LogP) is 2.42. The van der Waals surface area contributed by atoms with Crippen molar-refractivity contribution in [1.82, 2.24) is 4.72 Å². The van der Waals surface area contributed by atoms with Gasteiger partial charge < -0.3 is 5.73 Å². The van der Waals surface area contributed by atoms with Crippen molar-refractivity contribution in [2.24, 2.45) is 0 Å². The molecule has 1 aromatic rings. The maximum atomic E-state index is 12.2. The number of sulfonamides is 1. The summed E-state index contributed by atoms with van der Waals surface area (Å²) < 4.78 is 27.7. The van der Waals surface area contributed by atoms with E-state index in [0.29, 0.717) is 10.2 Å². The van der Waals surface area contributed by atoms with Gasteiger partial charge in [0, 0.05) is 16.2 Å². The molecule has 0 bridgehead atoms. The SMILES string of the molecule is Nc1cc(S(=O)(=O)NC2CC=CCC2)ccc1Br. The molecule has 0 aliphatic heterocycles. The Labute approximate surface area is 115 Å². The van der Waals surface area contributed by atoms with Crippen LogP contribution in [0.25, 0.3) is 0 Å². The summed E-state index contributed by atoms with van der Waals surface area (Å²) in [6.07, 6.45) is 6.57. The van der Waals surface area contributed by atoms with Crippen molar-refractivity contribution in [3.63, 3.8) is 0 Å². The Bertz CT molecular complexity index is 569. The monoisotopic (exact) mass is 330 g/mol. The summed E-state index contributed by atoms with van der Waals surface area (Å²) in [6.45, 7) is 0. The van der Waals surface area contributed by atoms with Gasteiger partial charge in [0.15, 0.2) is 0 Å². The third-order valence-corrected chi connectivity index (χ3v) is 5.11. The van der Waals surface area contributed by atoms with E-state index in [2.05, 4.69) is 26.7 Å². The summed E-state index contributed by atoms with van der Waals surface area (Å²) in [5.74, 6) is 0. The molecule has 0 amide bonds. The summed E-state index contributed by atoms with van der Waals surface area (Å²) in [5.41, 5.74) is 6.12. The van der Waals surface area contributed by atoms with Gasteiger partial charge in [-0.25, -0.2) is 13.1 Å². The fourth-order valence-electron chi connectivity index (χ4n) is 1.88. The highest BCUT2D eigenvalue weighted by Crippen LogP contribution is 2.23. The number of nitrogens with one attached hydrogen (secondary N) is 1. The summed E-state index contributed by atoms with van der Waals surface area (Å²) >= 11 is 3.25. The van der Waals surface area contributed by atoms with E-state index in [1.807, 2.05) is 6.08 Å². The van der Waals surface area contributed by atoms with Crippen LogP contribution in [0.5, 0.6) is 0 Å². The minimum absolute atomic E-state index is 0.0233. The van der Waals surface area contributed by atoms with Crippen LogP contribution in [0.1, 0.15) is 19.3 Å². The Hall–Kier alpha value is -0.850. The second-order valence-electron chi connectivity index (χ2n) is 4.29. The third-order valence-electron chi connectivity index (χ3n) is 2.87. The molecule has 4 nitrogen and oxygen atoms in total. The molecule has 0 heterocycles. The second kappa shape index (κ2) is 5.42. The Morgan fingerprint density at radius 2 is 2.11 bits per heavy atom. The highest BCUT2D eigenvalue weighted by Gasteiger charge is 2.20. The van der Waals surface area contributed by atoms with Gasteiger partial charge in [-0.2, -0.15) is 0 Å². The zero-order valence-corrected chi connectivity index (χ0v) is 12.2. The second-order valence-corrected chi connectivity index (χ2v) is 6.85. The Balaban J connectivity index is 2.19. The van der Waals surface area contributed by atoms with Crippen molar-refractivity contribution in [2.45, 2.75) is 30.2 Å². The molecule has 2 rings (SSSR count). The quantitative estimate of drug-likeness (QED) is 0.660. The molecule has 0 saturated carbocycles. The molecule has 0 saturated heterocycles. The van der Waals surface area contributed by atoms with Gasteiger partial charge in [0.2, 0.25) is 10.0 Å². The van der Waals surface area contributed by atoms with Crippen LogP contribution < -0.4 is 10.5 Å². The van der Waals surface area contributed by atoms with Crippen LogP contribution in [0.2, 0.25) is 0 Å². The normalized spacial score (nSPS) is 19.9. The van der Waals surface area contributed by atoms with Crippen LogP contribution in [0, 0.1) is 0 Å². The highest BCUT2D eigenvalue weighted by molar-refractivity contribution is 9.10. The first-order chi connectivity index (χ1) is 8.49. The Morgan fingerprint density at radius 3 is 2.72 bits per heavy atom. The van der Waals surface area contributed by atoms with E-state index in [9.17, 15) is 8.42 Å². The molecule has 98 valence electrons. The lowest BCUT2D eigenvalue weighted by Crippen LogP contribution is -2.35. The fourth-order valence-corrected chi connectivity index (χ4v) is 3.44. The summed E-state index contributed by atoms with van der Waals surface area (Å²) in [7, 11) is -3.48. The first kappa shape index (κ1) is 13.6. The summed E-state index contributed by atoms with van der Waals surface area (Å²) in [6, 6.07) is 4.63. The zero-order chi connectivity index (χ0) is 13.2. The molecule has 1 aromatic carbocycles. The topological polar surface area (TPSA) is 72.2 Å². The Kier molecular flexibility index (Phi) is 4.09. The molecule has 1 aliphatic carbocycles. The van der Waals surface area contributed by atoms with Crippen molar-refractivity contribution >= 4 is 31.6 Å². The van der Waals surface area contributed by atoms with Gasteiger partial charge in [0.05, 0.1) is 4.90 Å². The molecule has 1 aliphatic rings. The zero-order valence-electron chi connectivity index (χ0n) is 9.77. The number of anilines is 1. The summed E-state index contributed by atoms with van der Waals surface area (Å²) in [5, 5.41) is 0. The van der Waals surface area contributed by atoms with E-state index in [1.165, 1.54) is 6.07 Å². The lowest BCUT2D eigenvalue weighted by atomic mass is 10.0. The van der Waals surface area contributed by atoms with Gasteiger partial charge in [-0.05, 0) is 53.4 Å². The van der Waals surface area contributed by atoms with E-state index in [-0.39, 0.29) is 10.9 Å². The number of rotatable bonds is 3. The molecular formula is C12H15BrN2O2S. The number of nitrogen functional groups attached to an aromatic ring is 1. The molecular weight excluding hydrogens is 316 g/mol. The first-order valence-electron chi connectivity index (χ1n) is 5.71. The lowest BCUT2D eigenvalue weighted by molar-refractivity contribution is 0.522. The first-order valence-corrected chi connectivity index (χ1v) is 7.99. The Morgan fingerprint density at radius 1 is 1.33 bits per heavy atom. The number of nitrogens with two attached hydrogens (primary N) is 1. The van der Waals surface area contributed by atoms with Crippen LogP contribution in [-0.4, -0.2) is 14.5 Å². The number of halogens is 1. The minimum atomic E-state index is -3.48. The third kappa shape index (κ3) is 3.13. The van der Waals surface area contributed by atoms with Crippen molar-refractivity contribution < 1.29 is 8.42 Å². The number of hydrogen-bond donors (Lipinski definition) is 2. The van der Waals surface area contributed by atoms with Crippen LogP contribution in [0.3, 0.4) is 0 Å². The van der Waals surface area contributed by atoms with Gasteiger partial charge >= 0.3 is 0 Å². The molecule has 1 atom stereocenters. The average molecular weight is 331 g/mol. The van der Waals surface area contributed by atoms with Crippen molar-refractivity contribution in [3.05, 3.63) is 34.8 Å². The molecule has 0 spiro atoms. The number of benzene rings is 1. The van der Waals surface area contributed by atoms with Gasteiger partial charge in [-0.1, -0.05) is 12.2 Å². The van der Waals surface area contributed by atoms with Crippen molar-refractivity contribution in [1.29, 1.82) is 0 Å². The molecule has 18 heavy (non-hydrogen) atoms. The molecule has 6 heteroatoms. The highest BCUT2D eigenvalue weighted by atomic mass is 79.9. The predicted molar refractivity (Wildman–Crippen MR) is 75.7 cm³/mol.